The van der Waals surface area contributed by atoms with Gasteiger partial charge in [-0.3, -0.25) is 9.98 Å². The van der Waals surface area contributed by atoms with Crippen LogP contribution in [0.3, 0.4) is 0 Å². The molecule has 0 radical (unpaired) electrons. The van der Waals surface area contributed by atoms with Crippen molar-refractivity contribution in [2.75, 3.05) is 13.2 Å². The van der Waals surface area contributed by atoms with Crippen molar-refractivity contribution in [2.24, 2.45) is 9.98 Å². The fourth-order valence-electron chi connectivity index (χ4n) is 7.55. The zero-order chi connectivity index (χ0) is 52.0. The Hall–Kier alpha value is -5.59. The van der Waals surface area contributed by atoms with Gasteiger partial charge in [-0.05, 0) is 116 Å². The summed E-state index contributed by atoms with van der Waals surface area (Å²) < 4.78 is 149. The summed E-state index contributed by atoms with van der Waals surface area (Å²) in [4.78, 5) is 23.7. The summed E-state index contributed by atoms with van der Waals surface area (Å²) in [5, 5.41) is 0. The molecule has 0 amide bonds. The molecule has 6 aromatic rings. The summed E-state index contributed by atoms with van der Waals surface area (Å²) in [6.07, 6.45) is -1.07. The van der Waals surface area contributed by atoms with Crippen molar-refractivity contribution in [3.05, 3.63) is 160 Å². The van der Waals surface area contributed by atoms with E-state index in [1.807, 2.05) is 76.2 Å². The van der Waals surface area contributed by atoms with Crippen LogP contribution in [-0.2, 0) is 29.7 Å². The van der Waals surface area contributed by atoms with Crippen molar-refractivity contribution in [1.29, 1.82) is 0 Å². The van der Waals surface area contributed by atoms with Crippen LogP contribution in [-0.4, -0.2) is 75.2 Å². The maximum absolute atomic E-state index is 14.0. The molecule has 3 aliphatic rings. The van der Waals surface area contributed by atoms with Crippen LogP contribution in [0, 0.1) is 23.3 Å². The van der Waals surface area contributed by atoms with Crippen LogP contribution < -0.4 is 14.9 Å². The monoisotopic (exact) mass is 1180 g/mol. The average Bonchev–Trinajstić information content (AvgIpc) is 4.06. The number of aliphatic imine (C=N–C) groups is 2. The fraction of sp³-hybridized carbons (Fsp3) is 0.320. The fourth-order valence-corrected chi connectivity index (χ4v) is 7.75. The molecule has 0 saturated carbocycles. The Kier molecular flexibility index (Phi) is 18.4. The van der Waals surface area contributed by atoms with E-state index in [9.17, 15) is 43.9 Å². The van der Waals surface area contributed by atoms with Gasteiger partial charge in [-0.2, -0.15) is 26.3 Å². The zero-order valence-corrected chi connectivity index (χ0v) is 42.3. The van der Waals surface area contributed by atoms with E-state index in [0.29, 0.717) is 40.7 Å². The van der Waals surface area contributed by atoms with E-state index in [2.05, 4.69) is 55.3 Å². The quantitative estimate of drug-likeness (QED) is 0.0984. The third-order valence-electron chi connectivity index (χ3n) is 11.9. The molecule has 1 saturated heterocycles. The van der Waals surface area contributed by atoms with Crippen LogP contribution in [0.15, 0.2) is 124 Å². The Morgan fingerprint density at radius 1 is 0.562 bits per heavy atom. The van der Waals surface area contributed by atoms with Gasteiger partial charge < -0.3 is 18.8 Å². The van der Waals surface area contributed by atoms with Gasteiger partial charge in [-0.1, -0.05) is 60.7 Å². The van der Waals surface area contributed by atoms with Gasteiger partial charge in [0.1, 0.15) is 23.3 Å². The molecule has 2 atom stereocenters. The summed E-state index contributed by atoms with van der Waals surface area (Å²) in [6, 6.07) is 22.0. The largest absolute Gasteiger partial charge is 0.494 e. The minimum atomic E-state index is -4.46. The molecule has 10 nitrogen and oxygen atoms in total. The summed E-state index contributed by atoms with van der Waals surface area (Å²) in [5.41, 5.74) is 4.28. The van der Waals surface area contributed by atoms with E-state index in [1.54, 1.807) is 0 Å². The molecule has 2 aromatic heterocycles. The first kappa shape index (κ1) is 56.7. The SMILES string of the molecule is CC1(C)OB(c2ccc(C3CCC(c4c(F)cccc4F)=N3)cc2)OC1(C)C.FC(F)(F)COc1ncc(Br)cn1.Fc1cccc(F)c1C1=NC(c2ccc(-c3cnc(OCC(F)(F)F)nc3)cc2)CC1.[Pd]. The molecular weight excluding hydrogens is 1140 g/mol. The van der Waals surface area contributed by atoms with Gasteiger partial charge in [0.05, 0.1) is 38.9 Å². The standard InChI is InChI=1S/C22H24BF2NO2.C22H16F5N3O.C6H4BrF3N2O.Pd/c1-21(2)22(3,4)28-23(27-21)15-10-8-14(9-11-15)18-12-13-19(26-18)20-16(24)6-5-7-17(20)25;23-16-2-1-3-17(24)20(16)19-9-8-18(30-19)14-6-4-13(5-7-14)15-10-28-21(29-11-15)31-12-22(25,26)27;7-4-1-11-5(12-2-4)13-3-6(8,9)10;/h5-11,18H,12-13H2,1-4H3;1-7,10-11,18H,8-9,12H2;1-2H,3H2;. The predicted octanol–water partition coefficient (Wildman–Crippen LogP) is 12.5. The average molecular weight is 1180 g/mol. The summed E-state index contributed by atoms with van der Waals surface area (Å²) in [5.74, 6) is -2.37. The smallest absolute Gasteiger partial charge is 0.454 e. The number of hydrogen-bond donors (Lipinski definition) is 0. The van der Waals surface area contributed by atoms with Gasteiger partial charge in [-0.15, -0.1) is 0 Å². The zero-order valence-electron chi connectivity index (χ0n) is 39.2. The molecule has 2 unspecified atom stereocenters. The number of benzene rings is 4. The van der Waals surface area contributed by atoms with Gasteiger partial charge in [0, 0.05) is 62.2 Å². The Labute approximate surface area is 436 Å². The van der Waals surface area contributed by atoms with Crippen LogP contribution in [0.4, 0.5) is 43.9 Å². The maximum atomic E-state index is 14.0. The van der Waals surface area contributed by atoms with Crippen molar-refractivity contribution in [1.82, 2.24) is 19.9 Å². The van der Waals surface area contributed by atoms with E-state index in [4.69, 9.17) is 9.31 Å². The number of alkyl halides is 6. The molecule has 0 aliphatic carbocycles. The summed E-state index contributed by atoms with van der Waals surface area (Å²) >= 11 is 3.03. The van der Waals surface area contributed by atoms with Gasteiger partial charge in [0.2, 0.25) is 0 Å². The number of hydrogen-bond acceptors (Lipinski definition) is 10. The third-order valence-corrected chi connectivity index (χ3v) is 12.3. The van der Waals surface area contributed by atoms with Crippen molar-refractivity contribution in [3.63, 3.8) is 0 Å². The minimum absolute atomic E-state index is 0. The molecule has 23 heteroatoms. The molecular formula is C50H44BBrF10N6O4Pd. The number of rotatable bonds is 10. The Morgan fingerprint density at radius 3 is 1.32 bits per heavy atom. The van der Waals surface area contributed by atoms with Gasteiger partial charge in [-0.25, -0.2) is 37.5 Å². The van der Waals surface area contributed by atoms with E-state index in [0.717, 1.165) is 28.6 Å². The molecule has 0 bridgehead atoms. The number of aromatic nitrogens is 4. The van der Waals surface area contributed by atoms with E-state index >= 15 is 0 Å². The van der Waals surface area contributed by atoms with Crippen molar-refractivity contribution in [2.45, 2.75) is 89.0 Å². The molecule has 1 fully saturated rings. The number of ether oxygens (including phenoxy) is 2. The van der Waals surface area contributed by atoms with Gasteiger partial charge >= 0.3 is 31.5 Å². The first-order valence-corrected chi connectivity index (χ1v) is 23.0. The van der Waals surface area contributed by atoms with Crippen LogP contribution in [0.25, 0.3) is 11.1 Å². The molecule has 3 aliphatic heterocycles. The first-order chi connectivity index (χ1) is 33.9. The van der Waals surface area contributed by atoms with Gasteiger partial charge in [0.15, 0.2) is 13.2 Å². The van der Waals surface area contributed by atoms with Crippen LogP contribution >= 0.6 is 15.9 Å². The maximum Gasteiger partial charge on any atom is 0.494 e. The topological polar surface area (TPSA) is 113 Å². The molecule has 4 aromatic carbocycles. The number of halogens is 11. The van der Waals surface area contributed by atoms with Crippen LogP contribution in [0.2, 0.25) is 0 Å². The van der Waals surface area contributed by atoms with E-state index in [1.165, 1.54) is 61.2 Å². The Morgan fingerprint density at radius 2 is 0.932 bits per heavy atom. The molecule has 0 N–H and O–H groups in total. The van der Waals surface area contributed by atoms with E-state index in [-0.39, 0.29) is 66.9 Å². The summed E-state index contributed by atoms with van der Waals surface area (Å²) in [7, 11) is -0.408. The van der Waals surface area contributed by atoms with Crippen LogP contribution in [0.1, 0.15) is 87.7 Å². The van der Waals surface area contributed by atoms with Crippen LogP contribution in [0.5, 0.6) is 12.0 Å². The normalized spacial score (nSPS) is 17.8. The predicted molar refractivity (Wildman–Crippen MR) is 252 cm³/mol. The van der Waals surface area contributed by atoms with Crippen molar-refractivity contribution >= 4 is 39.9 Å². The second-order valence-electron chi connectivity index (χ2n) is 17.6. The number of nitrogens with zero attached hydrogens (tertiary/aromatic N) is 6. The first-order valence-electron chi connectivity index (χ1n) is 22.2. The Balaban J connectivity index is 0.000000191. The Bertz CT molecular complexity index is 2820. The third kappa shape index (κ3) is 15.0. The van der Waals surface area contributed by atoms with Crippen molar-refractivity contribution < 1.29 is 83.1 Å². The molecule has 9 rings (SSSR count). The van der Waals surface area contributed by atoms with Crippen molar-refractivity contribution in [3.8, 4) is 23.1 Å². The minimum Gasteiger partial charge on any atom is -0.454 e. The van der Waals surface area contributed by atoms with E-state index < -0.39 is 56.0 Å². The second-order valence-corrected chi connectivity index (χ2v) is 18.5. The second kappa shape index (κ2) is 23.7. The summed E-state index contributed by atoms with van der Waals surface area (Å²) in [6.45, 7) is 5.27. The molecule has 73 heavy (non-hydrogen) atoms. The molecule has 5 heterocycles. The molecule has 0 spiro atoms. The molecule has 388 valence electrons. The van der Waals surface area contributed by atoms with Gasteiger partial charge in [0.25, 0.3) is 0 Å².